The summed E-state index contributed by atoms with van der Waals surface area (Å²) in [6.45, 7) is 16.0. The topological polar surface area (TPSA) is 21.3 Å². The molecule has 2 aromatic carbocycles. The number of anilines is 1. The summed E-state index contributed by atoms with van der Waals surface area (Å²) >= 11 is 0. The normalized spacial score (nSPS) is 11.5. The smallest absolute Gasteiger partial charge is 0.126 e. The zero-order valence-electron chi connectivity index (χ0n) is 19.2. The molecule has 162 valence electrons. The lowest BCUT2D eigenvalue weighted by atomic mass is 9.88. The number of nitrogens with one attached hydrogen (secondary N) is 1. The van der Waals surface area contributed by atoms with Crippen molar-refractivity contribution in [1.29, 1.82) is 0 Å². The van der Waals surface area contributed by atoms with Crippen molar-refractivity contribution in [2.24, 2.45) is 10.8 Å². The van der Waals surface area contributed by atoms with E-state index in [4.69, 9.17) is 4.74 Å². The first-order chi connectivity index (χ1) is 13.3. The van der Waals surface area contributed by atoms with Gasteiger partial charge in [-0.25, -0.2) is 8.78 Å². The van der Waals surface area contributed by atoms with Gasteiger partial charge in [-0.05, 0) is 59.9 Å². The number of hydrogen-bond acceptors (Lipinski definition) is 2. The van der Waals surface area contributed by atoms with Crippen LogP contribution < -0.4 is 10.1 Å². The van der Waals surface area contributed by atoms with Crippen LogP contribution in [0.5, 0.6) is 5.75 Å². The van der Waals surface area contributed by atoms with Crippen molar-refractivity contribution in [3.63, 3.8) is 0 Å². The maximum absolute atomic E-state index is 12.8. The molecule has 0 bridgehead atoms. The van der Waals surface area contributed by atoms with Crippen molar-refractivity contribution >= 4 is 5.69 Å². The Bertz CT molecular complexity index is 753. The van der Waals surface area contributed by atoms with Crippen LogP contribution in [0.3, 0.4) is 0 Å². The number of halogens is 2. The monoisotopic (exact) mass is 405 g/mol. The van der Waals surface area contributed by atoms with E-state index in [-0.39, 0.29) is 5.41 Å². The Morgan fingerprint density at radius 1 is 0.862 bits per heavy atom. The highest BCUT2D eigenvalue weighted by atomic mass is 19.1. The highest BCUT2D eigenvalue weighted by molar-refractivity contribution is 5.54. The molecule has 0 atom stereocenters. The molecule has 2 aromatic rings. The van der Waals surface area contributed by atoms with Gasteiger partial charge < -0.3 is 10.1 Å². The summed E-state index contributed by atoms with van der Waals surface area (Å²) in [6.07, 6.45) is 1.84. The minimum Gasteiger partial charge on any atom is -0.497 e. The van der Waals surface area contributed by atoms with E-state index < -0.39 is 11.6 Å². The highest BCUT2D eigenvalue weighted by Gasteiger charge is 2.12. The molecule has 0 fully saturated rings. The third kappa shape index (κ3) is 10.9. The summed E-state index contributed by atoms with van der Waals surface area (Å²) in [4.78, 5) is 0. The zero-order chi connectivity index (χ0) is 22.2. The first-order valence-corrected chi connectivity index (χ1v) is 10.1. The minimum absolute atomic E-state index is 0.0558. The van der Waals surface area contributed by atoms with Crippen LogP contribution >= 0.6 is 0 Å². The van der Waals surface area contributed by atoms with Gasteiger partial charge in [0.05, 0.1) is 7.11 Å². The van der Waals surface area contributed by atoms with Crippen molar-refractivity contribution in [3.8, 4) is 5.75 Å². The number of hydrogen-bond donors (Lipinski definition) is 1. The molecule has 2 rings (SSSR count). The average Bonchev–Trinajstić information content (AvgIpc) is 2.53. The molecule has 0 saturated heterocycles. The minimum atomic E-state index is -0.501. The Labute approximate surface area is 175 Å². The van der Waals surface area contributed by atoms with Gasteiger partial charge in [0.2, 0.25) is 0 Å². The maximum Gasteiger partial charge on any atom is 0.126 e. The quantitative estimate of drug-likeness (QED) is 0.559. The van der Waals surface area contributed by atoms with Crippen molar-refractivity contribution in [1.82, 2.24) is 0 Å². The summed E-state index contributed by atoms with van der Waals surface area (Å²) in [5.74, 6) is -0.0950. The van der Waals surface area contributed by atoms with Crippen molar-refractivity contribution in [2.75, 3.05) is 19.0 Å². The molecule has 0 aliphatic rings. The SMILES string of the molecule is CC(C)(C)Cc1cc(F)cc(F)c1.COc1ccc(C)c(NCCC(C)(C)C)c1. The molecule has 2 nitrogen and oxygen atoms in total. The number of rotatable bonds is 5. The van der Waals surface area contributed by atoms with E-state index in [0.29, 0.717) is 17.4 Å². The van der Waals surface area contributed by atoms with Gasteiger partial charge in [-0.3, -0.25) is 0 Å². The van der Waals surface area contributed by atoms with E-state index >= 15 is 0 Å². The van der Waals surface area contributed by atoms with Gasteiger partial charge >= 0.3 is 0 Å². The van der Waals surface area contributed by atoms with Gasteiger partial charge in [0.1, 0.15) is 17.4 Å². The van der Waals surface area contributed by atoms with Crippen molar-refractivity contribution in [3.05, 3.63) is 59.2 Å². The van der Waals surface area contributed by atoms with E-state index in [9.17, 15) is 8.78 Å². The predicted octanol–water partition coefficient (Wildman–Crippen LogP) is 7.41. The molecule has 0 amide bonds. The summed E-state index contributed by atoms with van der Waals surface area (Å²) in [6, 6.07) is 9.79. The van der Waals surface area contributed by atoms with E-state index in [1.54, 1.807) is 7.11 Å². The first-order valence-electron chi connectivity index (χ1n) is 10.1. The Morgan fingerprint density at radius 3 is 1.93 bits per heavy atom. The first kappa shape index (κ1) is 24.9. The van der Waals surface area contributed by atoms with Gasteiger partial charge in [-0.1, -0.05) is 47.6 Å². The van der Waals surface area contributed by atoms with Crippen LogP contribution in [0.2, 0.25) is 0 Å². The van der Waals surface area contributed by atoms with Crippen LogP contribution in [0.4, 0.5) is 14.5 Å². The zero-order valence-corrected chi connectivity index (χ0v) is 19.2. The fraction of sp³-hybridized carbons (Fsp3) is 0.520. The van der Waals surface area contributed by atoms with Gasteiger partial charge in [0.25, 0.3) is 0 Å². The summed E-state index contributed by atoms with van der Waals surface area (Å²) < 4.78 is 30.7. The molecule has 1 N–H and O–H groups in total. The van der Waals surface area contributed by atoms with Crippen molar-refractivity contribution in [2.45, 2.75) is 61.3 Å². The Hall–Kier alpha value is -2.10. The number of aryl methyl sites for hydroxylation is 1. The molecule has 0 spiro atoms. The highest BCUT2D eigenvalue weighted by Crippen LogP contribution is 2.24. The molecule has 0 heterocycles. The lowest BCUT2D eigenvalue weighted by Gasteiger charge is -2.19. The lowest BCUT2D eigenvalue weighted by molar-refractivity contribution is 0.389. The summed E-state index contributed by atoms with van der Waals surface area (Å²) in [7, 11) is 1.70. The number of methoxy groups -OCH3 is 1. The molecule has 0 saturated carbocycles. The van der Waals surface area contributed by atoms with E-state index in [0.717, 1.165) is 24.8 Å². The van der Waals surface area contributed by atoms with Crippen LogP contribution in [-0.2, 0) is 6.42 Å². The summed E-state index contributed by atoms with van der Waals surface area (Å²) in [5, 5.41) is 3.46. The average molecular weight is 406 g/mol. The summed E-state index contributed by atoms with van der Waals surface area (Å²) in [5.41, 5.74) is 3.57. The second kappa shape index (κ2) is 10.6. The van der Waals surface area contributed by atoms with E-state index in [1.807, 2.05) is 26.8 Å². The Kier molecular flexibility index (Phi) is 9.13. The number of ether oxygens (including phenoxy) is 1. The fourth-order valence-electron chi connectivity index (χ4n) is 2.82. The van der Waals surface area contributed by atoms with Gasteiger partial charge in [-0.15, -0.1) is 0 Å². The fourth-order valence-corrected chi connectivity index (χ4v) is 2.82. The van der Waals surface area contributed by atoms with Crippen LogP contribution in [-0.4, -0.2) is 13.7 Å². The molecule has 0 aromatic heterocycles. The second-order valence-corrected chi connectivity index (χ2v) is 9.93. The second-order valence-electron chi connectivity index (χ2n) is 9.93. The van der Waals surface area contributed by atoms with Gasteiger partial charge in [-0.2, -0.15) is 0 Å². The predicted molar refractivity (Wildman–Crippen MR) is 120 cm³/mol. The third-order valence-corrected chi connectivity index (χ3v) is 4.29. The molecular formula is C25H37F2NO. The largest absolute Gasteiger partial charge is 0.497 e. The van der Waals surface area contributed by atoms with Crippen LogP contribution in [0.15, 0.2) is 36.4 Å². The molecule has 4 heteroatoms. The van der Waals surface area contributed by atoms with Crippen LogP contribution in [0.25, 0.3) is 0 Å². The molecule has 0 unspecified atom stereocenters. The molecule has 0 aliphatic heterocycles. The van der Waals surface area contributed by atoms with E-state index in [1.165, 1.54) is 23.4 Å². The van der Waals surface area contributed by atoms with Gasteiger partial charge in [0, 0.05) is 24.4 Å². The van der Waals surface area contributed by atoms with E-state index in [2.05, 4.69) is 45.1 Å². The lowest BCUT2D eigenvalue weighted by Crippen LogP contribution is -2.13. The third-order valence-electron chi connectivity index (χ3n) is 4.29. The van der Waals surface area contributed by atoms with Crippen molar-refractivity contribution < 1.29 is 13.5 Å². The molecule has 0 aliphatic carbocycles. The Morgan fingerprint density at radius 2 is 1.45 bits per heavy atom. The molecule has 29 heavy (non-hydrogen) atoms. The Balaban J connectivity index is 0.000000296. The number of benzene rings is 2. The van der Waals surface area contributed by atoms with Crippen LogP contribution in [0.1, 0.15) is 59.1 Å². The van der Waals surface area contributed by atoms with Crippen LogP contribution in [0, 0.1) is 29.4 Å². The maximum atomic E-state index is 12.8. The molecule has 0 radical (unpaired) electrons. The standard InChI is InChI=1S/C14H23NO.C11H14F2/c1-11-6-7-12(16-5)10-13(11)15-9-8-14(2,3)4;1-11(2,3)7-8-4-9(12)6-10(13)5-8/h6-7,10,15H,8-9H2,1-5H3;4-6H,7H2,1-3H3. The molecular weight excluding hydrogens is 368 g/mol. The van der Waals surface area contributed by atoms with Gasteiger partial charge in [0.15, 0.2) is 0 Å².